The van der Waals surface area contributed by atoms with Crippen LogP contribution in [0.15, 0.2) is 47.1 Å². The summed E-state index contributed by atoms with van der Waals surface area (Å²) in [5, 5.41) is 0. The number of halogens is 1. The second kappa shape index (κ2) is 9.39. The highest BCUT2D eigenvalue weighted by atomic mass is 79.9. The van der Waals surface area contributed by atoms with Crippen molar-refractivity contribution in [3.63, 3.8) is 0 Å². The van der Waals surface area contributed by atoms with Crippen molar-refractivity contribution < 1.29 is 9.59 Å². The first-order valence-corrected chi connectivity index (χ1v) is 11.7. The molecule has 6 nitrogen and oxygen atoms in total. The Labute approximate surface area is 192 Å². The largest absolute Gasteiger partial charge is 0.353 e. The fraction of sp³-hybridized carbons (Fsp3) is 0.458. The molecule has 2 amide bonds. The van der Waals surface area contributed by atoms with Gasteiger partial charge in [0.1, 0.15) is 11.9 Å². The number of nitrogens with zero attached hydrogens (tertiary/aromatic N) is 4. The Hall–Kier alpha value is -2.41. The van der Waals surface area contributed by atoms with Gasteiger partial charge in [-0.2, -0.15) is 0 Å². The molecule has 2 aromatic rings. The van der Waals surface area contributed by atoms with Crippen LogP contribution in [0.2, 0.25) is 0 Å². The highest BCUT2D eigenvalue weighted by Gasteiger charge is 2.37. The number of benzene rings is 1. The zero-order valence-corrected chi connectivity index (χ0v) is 19.7. The minimum absolute atomic E-state index is 0.0648. The van der Waals surface area contributed by atoms with Gasteiger partial charge in [0.05, 0.1) is 0 Å². The van der Waals surface area contributed by atoms with Crippen LogP contribution in [0.4, 0.5) is 5.82 Å². The molecule has 0 bridgehead atoms. The number of rotatable bonds is 4. The van der Waals surface area contributed by atoms with E-state index in [2.05, 4.69) is 37.9 Å². The minimum Gasteiger partial charge on any atom is -0.353 e. The number of amides is 2. The highest BCUT2D eigenvalue weighted by Crippen LogP contribution is 2.26. The van der Waals surface area contributed by atoms with Crippen molar-refractivity contribution in [3.8, 4) is 0 Å². The summed E-state index contributed by atoms with van der Waals surface area (Å²) < 4.78 is 0.953. The van der Waals surface area contributed by atoms with Gasteiger partial charge in [-0.25, -0.2) is 4.98 Å². The molecule has 31 heavy (non-hydrogen) atoms. The molecule has 1 saturated heterocycles. The maximum atomic E-state index is 13.5. The number of anilines is 1. The van der Waals surface area contributed by atoms with Gasteiger partial charge >= 0.3 is 0 Å². The van der Waals surface area contributed by atoms with Gasteiger partial charge in [-0.15, -0.1) is 0 Å². The Morgan fingerprint density at radius 2 is 1.77 bits per heavy atom. The van der Waals surface area contributed by atoms with Gasteiger partial charge in [0, 0.05) is 56.2 Å². The van der Waals surface area contributed by atoms with Crippen molar-refractivity contribution in [1.29, 1.82) is 0 Å². The number of piperazine rings is 1. The van der Waals surface area contributed by atoms with Gasteiger partial charge in [-0.3, -0.25) is 9.59 Å². The van der Waals surface area contributed by atoms with E-state index in [-0.39, 0.29) is 17.7 Å². The minimum atomic E-state index is -0.418. The van der Waals surface area contributed by atoms with Crippen molar-refractivity contribution in [2.24, 2.45) is 5.92 Å². The third-order valence-electron chi connectivity index (χ3n) is 6.06. The Kier molecular flexibility index (Phi) is 6.60. The van der Waals surface area contributed by atoms with Gasteiger partial charge in [-0.05, 0) is 45.1 Å². The van der Waals surface area contributed by atoms with Gasteiger partial charge < -0.3 is 14.7 Å². The van der Waals surface area contributed by atoms with Crippen LogP contribution < -0.4 is 4.90 Å². The Bertz CT molecular complexity index is 939. The molecule has 0 aliphatic carbocycles. The average Bonchev–Trinajstić information content (AvgIpc) is 2.78. The van der Waals surface area contributed by atoms with Gasteiger partial charge in [0.2, 0.25) is 11.8 Å². The van der Waals surface area contributed by atoms with Crippen LogP contribution in [0, 0.1) is 5.92 Å². The maximum Gasteiger partial charge on any atom is 0.245 e. The van der Waals surface area contributed by atoms with E-state index >= 15 is 0 Å². The summed E-state index contributed by atoms with van der Waals surface area (Å²) in [6.07, 6.45) is 2.85. The third-order valence-corrected chi connectivity index (χ3v) is 6.53. The molecule has 0 spiro atoms. The molecule has 164 valence electrons. The Morgan fingerprint density at radius 1 is 1.06 bits per heavy atom. The number of hydrogen-bond acceptors (Lipinski definition) is 4. The van der Waals surface area contributed by atoms with Gasteiger partial charge in [0.25, 0.3) is 0 Å². The number of carbonyl (C=O) groups excluding carboxylic acids is 2. The van der Waals surface area contributed by atoms with Crippen molar-refractivity contribution in [2.75, 3.05) is 31.1 Å². The quantitative estimate of drug-likeness (QED) is 0.666. The molecule has 3 heterocycles. The second-order valence-corrected chi connectivity index (χ2v) is 9.67. The molecule has 7 heteroatoms. The maximum absolute atomic E-state index is 13.5. The monoisotopic (exact) mass is 484 g/mol. The van der Waals surface area contributed by atoms with Crippen LogP contribution >= 0.6 is 15.9 Å². The highest BCUT2D eigenvalue weighted by molar-refractivity contribution is 9.10. The summed E-state index contributed by atoms with van der Waals surface area (Å²) in [6, 6.07) is 11.7. The zero-order valence-electron chi connectivity index (χ0n) is 18.1. The van der Waals surface area contributed by atoms with E-state index in [1.165, 1.54) is 5.56 Å². The normalized spacial score (nSPS) is 18.8. The molecule has 2 aliphatic rings. The van der Waals surface area contributed by atoms with Crippen LogP contribution in [-0.2, 0) is 22.6 Å². The number of carbonyl (C=O) groups is 2. The van der Waals surface area contributed by atoms with E-state index in [9.17, 15) is 9.59 Å². The molecule has 1 fully saturated rings. The number of aromatic nitrogens is 1. The Morgan fingerprint density at radius 3 is 2.42 bits per heavy atom. The third kappa shape index (κ3) is 4.92. The standard InChI is InChI=1S/C24H29BrN4O2/c1-17(2)13-23(30)29-16-19-6-4-3-5-18(19)14-21(29)24(31)28-11-9-27(10-12-28)22-8-7-20(25)15-26-22/h3-8,15,17,21H,9-14,16H2,1-2H3. The molecular formula is C24H29BrN4O2. The number of hydrogen-bond donors (Lipinski definition) is 0. The average molecular weight is 485 g/mol. The number of pyridine rings is 1. The zero-order chi connectivity index (χ0) is 22.0. The van der Waals surface area contributed by atoms with E-state index in [4.69, 9.17) is 0 Å². The molecule has 1 unspecified atom stereocenters. The van der Waals surface area contributed by atoms with E-state index < -0.39 is 6.04 Å². The van der Waals surface area contributed by atoms with Gasteiger partial charge in [-0.1, -0.05) is 38.1 Å². The topological polar surface area (TPSA) is 56.8 Å². The van der Waals surface area contributed by atoms with Crippen molar-refractivity contribution >= 4 is 33.6 Å². The lowest BCUT2D eigenvalue weighted by atomic mass is 9.92. The molecule has 1 aromatic heterocycles. The second-order valence-electron chi connectivity index (χ2n) is 8.76. The van der Waals surface area contributed by atoms with Crippen LogP contribution in [0.5, 0.6) is 0 Å². The van der Waals surface area contributed by atoms with Crippen molar-refractivity contribution in [2.45, 2.75) is 39.3 Å². The Balaban J connectivity index is 1.47. The lowest BCUT2D eigenvalue weighted by molar-refractivity contribution is -0.147. The molecule has 4 rings (SSSR count). The fourth-order valence-corrected chi connectivity index (χ4v) is 4.63. The van der Waals surface area contributed by atoms with Crippen LogP contribution in [0.1, 0.15) is 31.4 Å². The molecule has 2 aliphatic heterocycles. The van der Waals surface area contributed by atoms with Crippen molar-refractivity contribution in [1.82, 2.24) is 14.8 Å². The fourth-order valence-electron chi connectivity index (χ4n) is 4.39. The van der Waals surface area contributed by atoms with Crippen LogP contribution in [-0.4, -0.2) is 58.8 Å². The summed E-state index contributed by atoms with van der Waals surface area (Å²) >= 11 is 3.42. The first kappa shape index (κ1) is 21.8. The smallest absolute Gasteiger partial charge is 0.245 e. The van der Waals surface area contributed by atoms with E-state index in [0.717, 1.165) is 28.9 Å². The SMILES string of the molecule is CC(C)CC(=O)N1Cc2ccccc2CC1C(=O)N1CCN(c2ccc(Br)cn2)CC1. The van der Waals surface area contributed by atoms with E-state index in [1.807, 2.05) is 47.9 Å². The summed E-state index contributed by atoms with van der Waals surface area (Å²) in [4.78, 5) is 37.0. The molecular weight excluding hydrogens is 456 g/mol. The molecule has 1 atom stereocenters. The summed E-state index contributed by atoms with van der Waals surface area (Å²) in [5.41, 5.74) is 2.32. The molecule has 0 N–H and O–H groups in total. The lowest BCUT2D eigenvalue weighted by Gasteiger charge is -2.41. The van der Waals surface area contributed by atoms with Crippen LogP contribution in [0.25, 0.3) is 0 Å². The van der Waals surface area contributed by atoms with E-state index in [0.29, 0.717) is 32.5 Å². The summed E-state index contributed by atoms with van der Waals surface area (Å²) in [6.45, 7) is 7.36. The molecule has 0 radical (unpaired) electrons. The molecule has 0 saturated carbocycles. The summed E-state index contributed by atoms with van der Waals surface area (Å²) in [5.74, 6) is 1.33. The van der Waals surface area contributed by atoms with E-state index in [1.54, 1.807) is 6.20 Å². The van der Waals surface area contributed by atoms with Gasteiger partial charge in [0.15, 0.2) is 0 Å². The first-order chi connectivity index (χ1) is 14.9. The summed E-state index contributed by atoms with van der Waals surface area (Å²) in [7, 11) is 0. The van der Waals surface area contributed by atoms with Crippen molar-refractivity contribution in [3.05, 3.63) is 58.2 Å². The first-order valence-electron chi connectivity index (χ1n) is 10.9. The van der Waals surface area contributed by atoms with Crippen LogP contribution in [0.3, 0.4) is 0 Å². The number of fused-ring (bicyclic) bond motifs is 1. The predicted octanol–water partition coefficient (Wildman–Crippen LogP) is 3.49. The predicted molar refractivity (Wildman–Crippen MR) is 125 cm³/mol. The lowest BCUT2D eigenvalue weighted by Crippen LogP contribution is -2.57. The molecule has 1 aromatic carbocycles.